The molecule has 8 heteroatoms. The van der Waals surface area contributed by atoms with E-state index >= 15 is 0 Å². The maximum absolute atomic E-state index is 11.9. The summed E-state index contributed by atoms with van der Waals surface area (Å²) >= 11 is 12.0. The molecule has 0 saturated carbocycles. The van der Waals surface area contributed by atoms with Crippen molar-refractivity contribution in [2.24, 2.45) is 4.99 Å². The van der Waals surface area contributed by atoms with E-state index in [0.29, 0.717) is 16.6 Å². The molecule has 5 nitrogen and oxygen atoms in total. The number of nitrogens with one attached hydrogen (secondary N) is 1. The number of unbranched alkanes of at least 4 members (excludes halogenated alkanes) is 1. The molecule has 0 unspecified atom stereocenters. The highest BCUT2D eigenvalue weighted by molar-refractivity contribution is 14.0. The summed E-state index contributed by atoms with van der Waals surface area (Å²) < 4.78 is 1.81. The van der Waals surface area contributed by atoms with E-state index in [1.165, 1.54) is 0 Å². The molecule has 0 amide bonds. The van der Waals surface area contributed by atoms with Crippen LogP contribution in [0.15, 0.2) is 46.2 Å². The largest absolute Gasteiger partial charge is 0.356 e. The number of pyridine rings is 1. The van der Waals surface area contributed by atoms with Crippen molar-refractivity contribution in [3.63, 3.8) is 0 Å². The van der Waals surface area contributed by atoms with Crippen LogP contribution in [0.5, 0.6) is 0 Å². The number of benzene rings is 1. The van der Waals surface area contributed by atoms with Crippen LogP contribution < -0.4 is 10.9 Å². The Hall–Kier alpha value is -1.25. The summed E-state index contributed by atoms with van der Waals surface area (Å²) in [7, 11) is 3.74. The smallest absolute Gasteiger partial charge is 0.250 e. The molecule has 0 aliphatic carbocycles. The van der Waals surface area contributed by atoms with E-state index in [0.717, 1.165) is 43.1 Å². The SMILES string of the molecule is CN=C(NCCCCn1c(C)cccc1=O)N(C)Cc1ccc(Cl)c(Cl)c1.I. The Labute approximate surface area is 193 Å². The molecule has 0 fully saturated rings. The standard InChI is InChI=1S/C20H26Cl2N4O.HI/c1-15-7-6-8-19(27)26(15)12-5-4-11-24-20(23-2)25(3)14-16-9-10-17(21)18(22)13-16;/h6-10,13H,4-5,11-12,14H2,1-3H3,(H,23,24);1H. The zero-order chi connectivity index (χ0) is 19.8. The fraction of sp³-hybridized carbons (Fsp3) is 0.400. The van der Waals surface area contributed by atoms with Gasteiger partial charge in [0.15, 0.2) is 5.96 Å². The van der Waals surface area contributed by atoms with E-state index < -0.39 is 0 Å². The second-order valence-electron chi connectivity index (χ2n) is 6.44. The van der Waals surface area contributed by atoms with Gasteiger partial charge in [0, 0.05) is 45.5 Å². The first kappa shape index (κ1) is 24.8. The van der Waals surface area contributed by atoms with Crippen LogP contribution in [0.3, 0.4) is 0 Å². The van der Waals surface area contributed by atoms with Crippen LogP contribution in [0.1, 0.15) is 24.1 Å². The van der Waals surface area contributed by atoms with Crippen LogP contribution in [-0.2, 0) is 13.1 Å². The average Bonchev–Trinajstić information content (AvgIpc) is 2.63. The third-order valence-corrected chi connectivity index (χ3v) is 5.08. The van der Waals surface area contributed by atoms with Gasteiger partial charge in [-0.3, -0.25) is 9.79 Å². The number of halogens is 3. The van der Waals surface area contributed by atoms with Gasteiger partial charge in [0.25, 0.3) is 5.56 Å². The number of aryl methyl sites for hydroxylation is 1. The highest BCUT2D eigenvalue weighted by Gasteiger charge is 2.08. The molecule has 0 radical (unpaired) electrons. The summed E-state index contributed by atoms with van der Waals surface area (Å²) in [6.07, 6.45) is 1.87. The van der Waals surface area contributed by atoms with E-state index in [2.05, 4.69) is 10.3 Å². The summed E-state index contributed by atoms with van der Waals surface area (Å²) in [5.41, 5.74) is 2.11. The van der Waals surface area contributed by atoms with Gasteiger partial charge in [-0.05, 0) is 43.5 Å². The summed E-state index contributed by atoms with van der Waals surface area (Å²) in [5, 5.41) is 4.47. The highest BCUT2D eigenvalue weighted by atomic mass is 127. The number of aromatic nitrogens is 1. The molecule has 0 atom stereocenters. The Morgan fingerprint density at radius 1 is 1.18 bits per heavy atom. The van der Waals surface area contributed by atoms with E-state index in [-0.39, 0.29) is 29.5 Å². The normalized spacial score (nSPS) is 11.1. The molecule has 1 N–H and O–H groups in total. The van der Waals surface area contributed by atoms with Gasteiger partial charge in [0.1, 0.15) is 0 Å². The fourth-order valence-electron chi connectivity index (χ4n) is 2.88. The van der Waals surface area contributed by atoms with Crippen LogP contribution in [0.25, 0.3) is 0 Å². The van der Waals surface area contributed by atoms with Crippen molar-refractivity contribution in [2.45, 2.75) is 32.9 Å². The highest BCUT2D eigenvalue weighted by Crippen LogP contribution is 2.23. The lowest BCUT2D eigenvalue weighted by molar-refractivity contribution is 0.472. The quantitative estimate of drug-likeness (QED) is 0.244. The zero-order valence-electron chi connectivity index (χ0n) is 16.4. The number of guanidine groups is 1. The first-order valence-electron chi connectivity index (χ1n) is 8.94. The summed E-state index contributed by atoms with van der Waals surface area (Å²) in [4.78, 5) is 18.2. The van der Waals surface area contributed by atoms with Gasteiger partial charge in [0.05, 0.1) is 10.0 Å². The predicted octanol–water partition coefficient (Wildman–Crippen LogP) is 4.57. The third kappa shape index (κ3) is 7.29. The molecule has 1 aromatic carbocycles. The molecule has 2 rings (SSSR count). The fourth-order valence-corrected chi connectivity index (χ4v) is 3.20. The van der Waals surface area contributed by atoms with Crippen molar-refractivity contribution in [3.05, 3.63) is 68.1 Å². The maximum Gasteiger partial charge on any atom is 0.250 e. The minimum atomic E-state index is 0. The van der Waals surface area contributed by atoms with Crippen molar-refractivity contribution < 1.29 is 0 Å². The second kappa shape index (κ2) is 12.3. The number of hydrogen-bond acceptors (Lipinski definition) is 2. The number of nitrogens with zero attached hydrogens (tertiary/aromatic N) is 3. The summed E-state index contributed by atoms with van der Waals surface area (Å²) in [6.45, 7) is 4.15. The topological polar surface area (TPSA) is 49.6 Å². The monoisotopic (exact) mass is 536 g/mol. The first-order chi connectivity index (χ1) is 12.9. The Morgan fingerprint density at radius 3 is 2.57 bits per heavy atom. The molecule has 0 bridgehead atoms. The Kier molecular flexibility index (Phi) is 10.9. The van der Waals surface area contributed by atoms with E-state index in [1.54, 1.807) is 25.2 Å². The number of aliphatic imine (C=N–C) groups is 1. The summed E-state index contributed by atoms with van der Waals surface area (Å²) in [6, 6.07) is 11.0. The predicted molar refractivity (Wildman–Crippen MR) is 129 cm³/mol. The first-order valence-corrected chi connectivity index (χ1v) is 9.70. The van der Waals surface area contributed by atoms with Crippen LogP contribution in [0, 0.1) is 6.92 Å². The Bertz CT molecular complexity index is 854. The molecule has 1 heterocycles. The molecule has 0 aliphatic rings. The molecule has 2 aromatic rings. The molecular weight excluding hydrogens is 510 g/mol. The molecule has 0 spiro atoms. The van der Waals surface area contributed by atoms with Crippen molar-refractivity contribution in [1.82, 2.24) is 14.8 Å². The zero-order valence-corrected chi connectivity index (χ0v) is 20.3. The summed E-state index contributed by atoms with van der Waals surface area (Å²) in [5.74, 6) is 0.814. The van der Waals surface area contributed by atoms with Gasteiger partial charge in [-0.25, -0.2) is 0 Å². The van der Waals surface area contributed by atoms with Crippen LogP contribution in [-0.4, -0.2) is 36.1 Å². The lowest BCUT2D eigenvalue weighted by Crippen LogP contribution is -2.39. The number of hydrogen-bond donors (Lipinski definition) is 1. The van der Waals surface area contributed by atoms with E-state index in [9.17, 15) is 4.79 Å². The maximum atomic E-state index is 11.9. The van der Waals surface area contributed by atoms with Gasteiger partial charge in [-0.2, -0.15) is 0 Å². The molecular formula is C20H27Cl2IN4O. The van der Waals surface area contributed by atoms with Crippen molar-refractivity contribution in [1.29, 1.82) is 0 Å². The minimum absolute atomic E-state index is 0. The van der Waals surface area contributed by atoms with Gasteiger partial charge in [-0.1, -0.05) is 35.3 Å². The Balaban J connectivity index is 0.00000392. The lowest BCUT2D eigenvalue weighted by atomic mass is 10.2. The van der Waals surface area contributed by atoms with Crippen molar-refractivity contribution >= 4 is 53.1 Å². The van der Waals surface area contributed by atoms with Gasteiger partial charge in [0.2, 0.25) is 0 Å². The van der Waals surface area contributed by atoms with Gasteiger partial charge < -0.3 is 14.8 Å². The van der Waals surface area contributed by atoms with Crippen LogP contribution in [0.4, 0.5) is 0 Å². The lowest BCUT2D eigenvalue weighted by Gasteiger charge is -2.22. The molecule has 28 heavy (non-hydrogen) atoms. The van der Waals surface area contributed by atoms with E-state index in [4.69, 9.17) is 23.2 Å². The Morgan fingerprint density at radius 2 is 1.93 bits per heavy atom. The van der Waals surface area contributed by atoms with E-state index in [1.807, 2.05) is 41.6 Å². The second-order valence-corrected chi connectivity index (χ2v) is 7.26. The molecule has 0 aliphatic heterocycles. The van der Waals surface area contributed by atoms with Crippen molar-refractivity contribution in [2.75, 3.05) is 20.6 Å². The van der Waals surface area contributed by atoms with Crippen LogP contribution in [0.2, 0.25) is 10.0 Å². The van der Waals surface area contributed by atoms with Crippen molar-refractivity contribution in [3.8, 4) is 0 Å². The average molecular weight is 537 g/mol. The van der Waals surface area contributed by atoms with Gasteiger partial charge >= 0.3 is 0 Å². The molecule has 0 saturated heterocycles. The van der Waals surface area contributed by atoms with Crippen LogP contribution >= 0.6 is 47.2 Å². The third-order valence-electron chi connectivity index (χ3n) is 4.34. The molecule has 154 valence electrons. The molecule has 1 aromatic heterocycles. The number of rotatable bonds is 7. The minimum Gasteiger partial charge on any atom is -0.356 e. The van der Waals surface area contributed by atoms with Gasteiger partial charge in [-0.15, -0.1) is 24.0 Å².